The summed E-state index contributed by atoms with van der Waals surface area (Å²) in [6.45, 7) is 9.19. The smallest absolute Gasteiger partial charge is 0.412 e. The van der Waals surface area contributed by atoms with Crippen LogP contribution < -0.4 is 16.0 Å². The van der Waals surface area contributed by atoms with Gasteiger partial charge in [-0.25, -0.2) is 4.79 Å². The molecule has 4 aromatic rings. The first-order valence-corrected chi connectivity index (χ1v) is 18.0. The zero-order chi connectivity index (χ0) is 37.7. The molecule has 0 radical (unpaired) electrons. The Kier molecular flexibility index (Phi) is 13.8. The van der Waals surface area contributed by atoms with E-state index in [2.05, 4.69) is 31.2 Å². The maximum Gasteiger partial charge on any atom is 0.412 e. The standard InChI is InChI=1S/C38H47N7O6S/c1-7-50-35(48)38(5,52-25-26-15-17-28(18-16-26)44-43-27-12-9-8-10-13-27)20-19-29(23-40-33(46)31-14-11-21-39-31)41-34(47)32-22-30(24-45(32)6)42-36(49)51-37(2,3)4/h8-18,21-22,24,29,39H,7,19-20,23,25H2,1-6H3,(H,40,46)(H,41,47)(H,42,49). The van der Waals surface area contributed by atoms with E-state index in [0.717, 1.165) is 11.3 Å². The number of aromatic amines is 1. The Hall–Kier alpha value is -5.37. The molecule has 0 aliphatic heterocycles. The summed E-state index contributed by atoms with van der Waals surface area (Å²) in [5.41, 5.74) is 2.81. The molecule has 52 heavy (non-hydrogen) atoms. The van der Waals surface area contributed by atoms with Crippen LogP contribution in [0.4, 0.5) is 21.9 Å². The minimum Gasteiger partial charge on any atom is -0.465 e. The molecule has 4 N–H and O–H groups in total. The maximum absolute atomic E-state index is 13.6. The molecule has 14 heteroatoms. The number of amides is 3. The van der Waals surface area contributed by atoms with Gasteiger partial charge in [0.05, 0.1) is 23.7 Å². The number of anilines is 1. The average molecular weight is 730 g/mol. The number of nitrogens with zero attached hydrogens (tertiary/aromatic N) is 3. The summed E-state index contributed by atoms with van der Waals surface area (Å²) in [5, 5.41) is 17.1. The molecule has 2 aromatic heterocycles. The van der Waals surface area contributed by atoms with Gasteiger partial charge >= 0.3 is 12.1 Å². The van der Waals surface area contributed by atoms with Crippen molar-refractivity contribution in [1.82, 2.24) is 20.2 Å². The number of aromatic nitrogens is 2. The fraction of sp³-hybridized carbons (Fsp3) is 0.368. The molecule has 276 valence electrons. The van der Waals surface area contributed by atoms with Gasteiger partial charge < -0.3 is 29.7 Å². The van der Waals surface area contributed by atoms with Crippen molar-refractivity contribution in [3.63, 3.8) is 0 Å². The number of carbonyl (C=O) groups is 4. The molecule has 2 unspecified atom stereocenters. The van der Waals surface area contributed by atoms with Crippen LogP contribution in [-0.4, -0.2) is 63.0 Å². The summed E-state index contributed by atoms with van der Waals surface area (Å²) < 4.78 is 11.4. The van der Waals surface area contributed by atoms with Gasteiger partial charge in [0.1, 0.15) is 21.7 Å². The molecule has 2 aromatic carbocycles. The molecule has 2 atom stereocenters. The Labute approximate surface area is 308 Å². The molecule has 0 saturated heterocycles. The van der Waals surface area contributed by atoms with E-state index in [1.807, 2.05) is 61.5 Å². The quantitative estimate of drug-likeness (QED) is 0.0678. The van der Waals surface area contributed by atoms with Crippen LogP contribution in [0.15, 0.2) is 95.4 Å². The third kappa shape index (κ3) is 12.1. The van der Waals surface area contributed by atoms with Crippen LogP contribution in [0.2, 0.25) is 0 Å². The highest BCUT2D eigenvalue weighted by molar-refractivity contribution is 8.00. The molecular weight excluding hydrogens is 683 g/mol. The number of H-pyrrole nitrogens is 1. The van der Waals surface area contributed by atoms with E-state index < -0.39 is 28.4 Å². The van der Waals surface area contributed by atoms with Gasteiger partial charge in [-0.15, -0.1) is 11.8 Å². The number of nitrogens with one attached hydrogen (secondary N) is 4. The number of hydrogen-bond acceptors (Lipinski definition) is 9. The molecule has 13 nitrogen and oxygen atoms in total. The molecule has 0 fully saturated rings. The summed E-state index contributed by atoms with van der Waals surface area (Å²) in [6, 6.07) is 21.5. The molecular formula is C38H47N7O6S. The van der Waals surface area contributed by atoms with Crippen LogP contribution in [0.3, 0.4) is 0 Å². The van der Waals surface area contributed by atoms with Gasteiger partial charge in [-0.1, -0.05) is 30.3 Å². The van der Waals surface area contributed by atoms with Gasteiger partial charge in [0.25, 0.3) is 11.8 Å². The molecule has 0 bridgehead atoms. The lowest BCUT2D eigenvalue weighted by atomic mass is 10.00. The number of hydrogen-bond donors (Lipinski definition) is 4. The van der Waals surface area contributed by atoms with Gasteiger partial charge in [-0.2, -0.15) is 10.2 Å². The monoisotopic (exact) mass is 729 g/mol. The lowest BCUT2D eigenvalue weighted by Crippen LogP contribution is -2.45. The second-order valence-corrected chi connectivity index (χ2v) is 14.8. The zero-order valence-corrected chi connectivity index (χ0v) is 31.2. The molecule has 4 rings (SSSR count). The number of esters is 1. The topological polar surface area (TPSA) is 168 Å². The van der Waals surface area contributed by atoms with Crippen molar-refractivity contribution in [1.29, 1.82) is 0 Å². The molecule has 0 aliphatic carbocycles. The molecule has 0 spiro atoms. The van der Waals surface area contributed by atoms with Crippen molar-refractivity contribution in [2.75, 3.05) is 18.5 Å². The van der Waals surface area contributed by atoms with Crippen LogP contribution in [-0.2, 0) is 27.1 Å². The number of thioether (sulfide) groups is 1. The highest BCUT2D eigenvalue weighted by Gasteiger charge is 2.36. The second kappa shape index (κ2) is 18.2. The summed E-state index contributed by atoms with van der Waals surface area (Å²) in [6.07, 6.45) is 3.29. The number of azo groups is 1. The minimum absolute atomic E-state index is 0.0968. The van der Waals surface area contributed by atoms with Gasteiger partial charge in [0.15, 0.2) is 0 Å². The summed E-state index contributed by atoms with van der Waals surface area (Å²) in [7, 11) is 1.68. The van der Waals surface area contributed by atoms with Crippen LogP contribution in [0.5, 0.6) is 0 Å². The minimum atomic E-state index is -0.969. The summed E-state index contributed by atoms with van der Waals surface area (Å²) in [4.78, 5) is 55.0. The van der Waals surface area contributed by atoms with E-state index in [4.69, 9.17) is 9.47 Å². The van der Waals surface area contributed by atoms with E-state index in [1.165, 1.54) is 11.8 Å². The van der Waals surface area contributed by atoms with Gasteiger partial charge in [-0.3, -0.25) is 19.7 Å². The second-order valence-electron chi connectivity index (χ2n) is 13.3. The van der Waals surface area contributed by atoms with E-state index in [0.29, 0.717) is 35.7 Å². The molecule has 3 amide bonds. The number of rotatable bonds is 16. The lowest BCUT2D eigenvalue weighted by molar-refractivity contribution is -0.145. The first-order valence-electron chi connectivity index (χ1n) is 17.0. The first kappa shape index (κ1) is 39.4. The number of ether oxygens (including phenoxy) is 2. The predicted octanol–water partition coefficient (Wildman–Crippen LogP) is 7.68. The Morgan fingerprint density at radius 1 is 0.923 bits per heavy atom. The molecule has 0 aliphatic rings. The largest absolute Gasteiger partial charge is 0.465 e. The highest BCUT2D eigenvalue weighted by Crippen LogP contribution is 2.35. The first-order chi connectivity index (χ1) is 24.7. The normalized spacial score (nSPS) is 13.2. The zero-order valence-electron chi connectivity index (χ0n) is 30.4. The van der Waals surface area contributed by atoms with Gasteiger partial charge in [0, 0.05) is 37.8 Å². The Morgan fingerprint density at radius 3 is 2.25 bits per heavy atom. The lowest BCUT2D eigenvalue weighted by Gasteiger charge is -2.29. The van der Waals surface area contributed by atoms with Crippen LogP contribution in [0, 0.1) is 0 Å². The van der Waals surface area contributed by atoms with Crippen LogP contribution in [0.1, 0.15) is 74.0 Å². The Bertz CT molecular complexity index is 1820. The van der Waals surface area contributed by atoms with Crippen molar-refractivity contribution < 1.29 is 28.7 Å². The Morgan fingerprint density at radius 2 is 1.62 bits per heavy atom. The van der Waals surface area contributed by atoms with E-state index in [9.17, 15) is 19.2 Å². The maximum atomic E-state index is 13.6. The van der Waals surface area contributed by atoms with Crippen molar-refractivity contribution in [2.45, 2.75) is 69.6 Å². The number of benzene rings is 2. The SMILES string of the molecule is CCOC(=O)C(C)(CCC(CNC(=O)c1ccc[nH]1)NC(=O)c1cc(NC(=O)OC(C)(C)C)cn1C)SCc1ccc(N=Nc2ccccc2)cc1. The van der Waals surface area contributed by atoms with E-state index in [-0.39, 0.29) is 30.7 Å². The fourth-order valence-electron chi connectivity index (χ4n) is 5.03. The van der Waals surface area contributed by atoms with E-state index in [1.54, 1.807) is 69.9 Å². The average Bonchev–Trinajstić information content (AvgIpc) is 3.78. The van der Waals surface area contributed by atoms with Crippen molar-refractivity contribution in [3.05, 3.63) is 102 Å². The molecule has 2 heterocycles. The third-order valence-electron chi connectivity index (χ3n) is 7.78. The number of carbonyl (C=O) groups excluding carboxylic acids is 4. The van der Waals surface area contributed by atoms with Crippen LogP contribution in [0.25, 0.3) is 0 Å². The summed E-state index contributed by atoms with van der Waals surface area (Å²) >= 11 is 1.45. The Balaban J connectivity index is 1.46. The third-order valence-corrected chi connectivity index (χ3v) is 9.26. The highest BCUT2D eigenvalue weighted by atomic mass is 32.2. The van der Waals surface area contributed by atoms with E-state index >= 15 is 0 Å². The van der Waals surface area contributed by atoms with Gasteiger partial charge in [0.2, 0.25) is 0 Å². The summed E-state index contributed by atoms with van der Waals surface area (Å²) in [5.74, 6) is -0.604. The van der Waals surface area contributed by atoms with Crippen molar-refractivity contribution >= 4 is 52.7 Å². The van der Waals surface area contributed by atoms with Crippen molar-refractivity contribution in [3.8, 4) is 0 Å². The predicted molar refractivity (Wildman–Crippen MR) is 202 cm³/mol. The van der Waals surface area contributed by atoms with Crippen LogP contribution >= 0.6 is 11.8 Å². The van der Waals surface area contributed by atoms with Gasteiger partial charge in [-0.05, 0) is 95.5 Å². The van der Waals surface area contributed by atoms with Crippen molar-refractivity contribution in [2.24, 2.45) is 17.3 Å². The number of aryl methyl sites for hydroxylation is 1. The fourth-order valence-corrected chi connectivity index (χ4v) is 6.14. The molecule has 0 saturated carbocycles.